The summed E-state index contributed by atoms with van der Waals surface area (Å²) in [7, 11) is 1.47. The second kappa shape index (κ2) is 3.80. The molecule has 0 radical (unpaired) electrons. The van der Waals surface area contributed by atoms with Crippen molar-refractivity contribution in [1.82, 2.24) is 5.01 Å². The normalized spacial score (nSPS) is 19.1. The Morgan fingerprint density at radius 1 is 1.35 bits per heavy atom. The van der Waals surface area contributed by atoms with E-state index in [9.17, 15) is 13.2 Å². The van der Waals surface area contributed by atoms with E-state index < -0.39 is 11.9 Å². The number of rotatable bonds is 0. The topological polar surface area (TPSA) is 23.2 Å². The lowest BCUT2D eigenvalue weighted by Gasteiger charge is -2.31. The van der Waals surface area contributed by atoms with E-state index in [1.54, 1.807) is 24.4 Å². The lowest BCUT2D eigenvalue weighted by atomic mass is 10.3. The van der Waals surface area contributed by atoms with Crippen LogP contribution in [-0.2, 0) is 0 Å². The second-order valence-corrected chi connectivity index (χ2v) is 3.59. The van der Waals surface area contributed by atoms with Crippen molar-refractivity contribution in [2.45, 2.75) is 6.18 Å². The first-order valence-electron chi connectivity index (χ1n) is 4.83. The third-order valence-electron chi connectivity index (χ3n) is 2.37. The summed E-state index contributed by atoms with van der Waals surface area (Å²) in [5.74, 6) is 0. The van der Waals surface area contributed by atoms with Crippen molar-refractivity contribution in [3.8, 4) is 0 Å². The van der Waals surface area contributed by atoms with Crippen LogP contribution in [0.3, 0.4) is 0 Å². The number of nitrogens with zero attached hydrogens (tertiary/aromatic N) is 3. The third kappa shape index (κ3) is 2.11. The molecule has 0 bridgehead atoms. The molecule has 0 unspecified atom stereocenters. The summed E-state index contributed by atoms with van der Waals surface area (Å²) in [6, 6.07) is 5.17. The zero-order chi connectivity index (χ0) is 12.6. The molecule has 6 heteroatoms. The van der Waals surface area contributed by atoms with E-state index in [2.05, 4.69) is 12.1 Å². The zero-order valence-electron chi connectivity index (χ0n) is 9.07. The molecule has 0 fully saturated rings. The summed E-state index contributed by atoms with van der Waals surface area (Å²) in [6.45, 7) is 3.70. The van der Waals surface area contributed by atoms with E-state index in [1.165, 1.54) is 16.3 Å². The summed E-state index contributed by atoms with van der Waals surface area (Å²) >= 11 is 0. The van der Waals surface area contributed by atoms with Gasteiger partial charge in [0.1, 0.15) is 6.72 Å². The molecule has 2 heterocycles. The Balaban J connectivity index is 2.63. The van der Waals surface area contributed by atoms with Crippen LogP contribution in [0.4, 0.5) is 13.2 Å². The van der Waals surface area contributed by atoms with Gasteiger partial charge in [-0.1, -0.05) is 0 Å². The monoisotopic (exact) mass is 241 g/mol. The van der Waals surface area contributed by atoms with E-state index in [1.807, 2.05) is 0 Å². The van der Waals surface area contributed by atoms with Gasteiger partial charge in [0.05, 0.1) is 5.70 Å². The maximum atomic E-state index is 12.5. The first kappa shape index (κ1) is 11.5. The summed E-state index contributed by atoms with van der Waals surface area (Å²) in [5, 5.41) is 1.76. The number of hydrogen-bond acceptors (Lipinski definition) is 1. The average Bonchev–Trinajstić information content (AvgIpc) is 2.61. The number of aromatic nitrogens is 1. The predicted octanol–water partition coefficient (Wildman–Crippen LogP) is 1.40. The molecular weight excluding hydrogens is 231 g/mol. The third-order valence-corrected chi connectivity index (χ3v) is 2.37. The van der Waals surface area contributed by atoms with Gasteiger partial charge in [0.2, 0.25) is 5.35 Å². The fraction of sp³-hybridized carbons (Fsp3) is 0.182. The number of halogens is 3. The largest absolute Gasteiger partial charge is 0.591 e. The van der Waals surface area contributed by atoms with Crippen molar-refractivity contribution >= 4 is 5.70 Å². The Hall–Kier alpha value is -1.98. The van der Waals surface area contributed by atoms with Gasteiger partial charge in [-0.05, 0) is 24.9 Å². The van der Waals surface area contributed by atoms with Gasteiger partial charge < -0.3 is 10.4 Å². The molecule has 0 aromatic carbocycles. The minimum absolute atomic E-state index is 0.368. The standard InChI is InChI=1S/C11H10F3N3/c1-16-6-4-3-5-8(16)9-7-10(11(12,13)14)15-17(9)2/h3-7H,1H2,2H3. The highest BCUT2D eigenvalue weighted by atomic mass is 19.4. The van der Waals surface area contributed by atoms with Gasteiger partial charge in [-0.15, -0.1) is 0 Å². The van der Waals surface area contributed by atoms with Gasteiger partial charge in [-0.25, -0.2) is 0 Å². The maximum Gasteiger partial charge on any atom is 0.397 e. The summed E-state index contributed by atoms with van der Waals surface area (Å²) in [4.78, 5) is 0. The van der Waals surface area contributed by atoms with Crippen molar-refractivity contribution in [1.29, 1.82) is 0 Å². The molecule has 0 saturated heterocycles. The van der Waals surface area contributed by atoms with Crippen molar-refractivity contribution in [2.24, 2.45) is 0 Å². The molecule has 0 spiro atoms. The fourth-order valence-corrected chi connectivity index (χ4v) is 1.55. The van der Waals surface area contributed by atoms with Crippen LogP contribution in [0.2, 0.25) is 0 Å². The molecule has 0 amide bonds. The van der Waals surface area contributed by atoms with Gasteiger partial charge in [0, 0.05) is 12.1 Å². The number of hydrogen-bond donors (Lipinski definition) is 0. The van der Waals surface area contributed by atoms with E-state index in [0.717, 1.165) is 6.08 Å². The Bertz CT molecular complexity index is 574. The van der Waals surface area contributed by atoms with Gasteiger partial charge >= 0.3 is 6.18 Å². The molecule has 3 nitrogen and oxygen atoms in total. The number of allylic oxidation sites excluding steroid dienone is 1. The van der Waals surface area contributed by atoms with Gasteiger partial charge in [0.25, 0.3) is 0 Å². The van der Waals surface area contributed by atoms with Crippen LogP contribution < -0.4 is 9.59 Å². The molecule has 0 N–H and O–H groups in total. The van der Waals surface area contributed by atoms with Crippen molar-refractivity contribution in [2.75, 3.05) is 7.05 Å². The first-order valence-corrected chi connectivity index (χ1v) is 4.83. The molecule has 1 aliphatic rings. The van der Waals surface area contributed by atoms with Crippen LogP contribution in [0, 0.1) is 6.72 Å². The highest BCUT2D eigenvalue weighted by molar-refractivity contribution is 5.62. The van der Waals surface area contributed by atoms with E-state index in [-0.39, 0.29) is 0 Å². The van der Waals surface area contributed by atoms with Crippen molar-refractivity contribution in [3.63, 3.8) is 0 Å². The Morgan fingerprint density at radius 3 is 2.59 bits per heavy atom. The SMILES string of the molecule is C=[n+]1ccccc1=C1C=C(C(F)(F)F)[N-]N1C. The number of pyridine rings is 1. The van der Waals surface area contributed by atoms with Crippen LogP contribution in [0.1, 0.15) is 0 Å². The van der Waals surface area contributed by atoms with E-state index in [0.29, 0.717) is 11.0 Å². The molecule has 1 aromatic rings. The highest BCUT2D eigenvalue weighted by Gasteiger charge is 2.30. The molecule has 0 saturated carbocycles. The Labute approximate surface area is 95.8 Å². The Morgan fingerprint density at radius 2 is 2.06 bits per heavy atom. The van der Waals surface area contributed by atoms with E-state index in [4.69, 9.17) is 0 Å². The van der Waals surface area contributed by atoms with Crippen molar-refractivity contribution < 1.29 is 17.4 Å². The average molecular weight is 241 g/mol. The van der Waals surface area contributed by atoms with Gasteiger partial charge in [0.15, 0.2) is 6.20 Å². The second-order valence-electron chi connectivity index (χ2n) is 3.59. The molecule has 2 rings (SSSR count). The number of likely N-dealkylation sites (N-methyl/N-ethyl adjacent to an activating group) is 1. The van der Waals surface area contributed by atoms with Crippen LogP contribution in [0.15, 0.2) is 36.2 Å². The van der Waals surface area contributed by atoms with Crippen LogP contribution in [-0.4, -0.2) is 18.2 Å². The molecule has 90 valence electrons. The summed E-state index contributed by atoms with van der Waals surface area (Å²) in [6.07, 6.45) is -1.76. The maximum absolute atomic E-state index is 12.5. The van der Waals surface area contributed by atoms with E-state index >= 15 is 0 Å². The lowest BCUT2D eigenvalue weighted by Crippen LogP contribution is -2.38. The molecular formula is C11H10F3N3. The molecule has 17 heavy (non-hydrogen) atoms. The molecule has 1 aromatic heterocycles. The van der Waals surface area contributed by atoms with Crippen LogP contribution in [0.5, 0.6) is 0 Å². The van der Waals surface area contributed by atoms with Crippen LogP contribution >= 0.6 is 0 Å². The smallest absolute Gasteiger partial charge is 0.397 e. The lowest BCUT2D eigenvalue weighted by molar-refractivity contribution is -0.514. The number of alkyl halides is 3. The van der Waals surface area contributed by atoms with Crippen LogP contribution in [0.25, 0.3) is 11.1 Å². The van der Waals surface area contributed by atoms with Gasteiger partial charge in [-0.2, -0.15) is 17.4 Å². The summed E-state index contributed by atoms with van der Waals surface area (Å²) < 4.78 is 39.0. The zero-order valence-corrected chi connectivity index (χ0v) is 9.07. The Kier molecular flexibility index (Phi) is 2.57. The first-order chi connectivity index (χ1) is 7.89. The molecule has 1 aliphatic heterocycles. The minimum atomic E-state index is -4.43. The van der Waals surface area contributed by atoms with Crippen molar-refractivity contribution in [3.05, 3.63) is 53.7 Å². The predicted molar refractivity (Wildman–Crippen MR) is 55.7 cm³/mol. The quantitative estimate of drug-likeness (QED) is 0.630. The molecule has 0 atom stereocenters. The fourth-order valence-electron chi connectivity index (χ4n) is 1.55. The minimum Gasteiger partial charge on any atom is -0.591 e. The highest BCUT2D eigenvalue weighted by Crippen LogP contribution is 2.37. The molecule has 0 aliphatic carbocycles. The van der Waals surface area contributed by atoms with Gasteiger partial charge in [-0.3, -0.25) is 0 Å². The summed E-state index contributed by atoms with van der Waals surface area (Å²) in [5.41, 5.74) is 2.91.